The molecule has 0 saturated carbocycles. The molecule has 14 heteroatoms. The van der Waals surface area contributed by atoms with Gasteiger partial charge < -0.3 is 23.9 Å². The van der Waals surface area contributed by atoms with Gasteiger partial charge in [0.15, 0.2) is 0 Å². The van der Waals surface area contributed by atoms with E-state index in [4.69, 9.17) is 14.0 Å². The van der Waals surface area contributed by atoms with Gasteiger partial charge >= 0.3 is 6.16 Å². The Balaban J connectivity index is 1.55. The summed E-state index contributed by atoms with van der Waals surface area (Å²) in [5.41, 5.74) is 0.662. The van der Waals surface area contributed by atoms with Crippen LogP contribution in [0.2, 0.25) is 0 Å². The summed E-state index contributed by atoms with van der Waals surface area (Å²) in [5, 5.41) is 4.55. The average molecular weight is 702 g/mol. The van der Waals surface area contributed by atoms with E-state index in [1.54, 1.807) is 26.8 Å². The Morgan fingerprint density at radius 3 is 2.66 bits per heavy atom. The molecule has 1 saturated heterocycles. The summed E-state index contributed by atoms with van der Waals surface area (Å²) in [7, 11) is 1.49. The van der Waals surface area contributed by atoms with Crippen molar-refractivity contribution in [1.29, 1.82) is 0 Å². The number of aromatic nitrogens is 1. The summed E-state index contributed by atoms with van der Waals surface area (Å²) in [6.07, 6.45) is 0.666. The van der Waals surface area contributed by atoms with Crippen molar-refractivity contribution in [1.82, 2.24) is 19.7 Å². The molecule has 1 aromatic carbocycles. The summed E-state index contributed by atoms with van der Waals surface area (Å²) in [6, 6.07) is 7.28. The van der Waals surface area contributed by atoms with Crippen LogP contribution in [-0.2, 0) is 27.4 Å². The molecule has 2 aromatic heterocycles. The standard InChI is InChI=1S/C27H32FIN4O7S/c1-27(2,3)39-26(35)40-32-11-5-6-16(13-32)14-33(41(36)37)15-21-20(29)12-19-22(24(34)30-4)23(38-25(19)31-21)17-7-9-18(28)10-8-17/h7-10,12,16H,5-6,11,13-15H2,1-4H3,(H,30,34)(H,36,37)/p-1. The summed E-state index contributed by atoms with van der Waals surface area (Å²) in [5.74, 6) is -0.689. The average Bonchev–Trinajstić information content (AvgIpc) is 3.25. The number of furan rings is 1. The summed E-state index contributed by atoms with van der Waals surface area (Å²) in [4.78, 5) is 34.8. The fourth-order valence-corrected chi connectivity index (χ4v) is 5.73. The van der Waals surface area contributed by atoms with E-state index in [0.29, 0.717) is 33.3 Å². The minimum atomic E-state index is -2.56. The number of hydrogen-bond acceptors (Lipinski definition) is 9. The van der Waals surface area contributed by atoms with Crippen LogP contribution in [0.3, 0.4) is 0 Å². The quantitative estimate of drug-likeness (QED) is 0.200. The van der Waals surface area contributed by atoms with Gasteiger partial charge in [-0.3, -0.25) is 9.00 Å². The first-order valence-corrected chi connectivity index (χ1v) is 15.1. The maximum atomic E-state index is 13.5. The Kier molecular flexibility index (Phi) is 10.00. The third-order valence-electron chi connectivity index (χ3n) is 6.34. The van der Waals surface area contributed by atoms with Crippen LogP contribution < -0.4 is 5.32 Å². The zero-order chi connectivity index (χ0) is 29.9. The highest BCUT2D eigenvalue weighted by atomic mass is 127. The highest BCUT2D eigenvalue weighted by molar-refractivity contribution is 14.1. The molecule has 4 rings (SSSR count). The Hall–Kier alpha value is -2.66. The van der Waals surface area contributed by atoms with Gasteiger partial charge in [0.1, 0.15) is 17.2 Å². The van der Waals surface area contributed by atoms with Gasteiger partial charge in [-0.2, -0.15) is 0 Å². The molecule has 41 heavy (non-hydrogen) atoms. The minimum absolute atomic E-state index is 0.0321. The lowest BCUT2D eigenvalue weighted by atomic mass is 9.99. The van der Waals surface area contributed by atoms with Gasteiger partial charge in [0.05, 0.1) is 23.2 Å². The van der Waals surface area contributed by atoms with Crippen LogP contribution in [0.1, 0.15) is 49.7 Å². The van der Waals surface area contributed by atoms with Gasteiger partial charge in [0.2, 0.25) is 5.71 Å². The monoisotopic (exact) mass is 701 g/mol. The number of fused-ring (bicyclic) bond motifs is 1. The molecule has 0 bridgehead atoms. The molecular weight excluding hydrogens is 670 g/mol. The van der Waals surface area contributed by atoms with E-state index in [1.807, 2.05) is 0 Å². The first-order valence-electron chi connectivity index (χ1n) is 12.9. The Morgan fingerprint density at radius 1 is 1.32 bits per heavy atom. The maximum absolute atomic E-state index is 13.5. The number of hydroxylamine groups is 2. The smallest absolute Gasteiger partial charge is 0.528 e. The van der Waals surface area contributed by atoms with E-state index in [0.717, 1.165) is 12.8 Å². The number of carbonyl (C=O) groups excluding carboxylic acids is 2. The van der Waals surface area contributed by atoms with Crippen LogP contribution in [0.5, 0.6) is 0 Å². The number of halogens is 2. The number of pyridine rings is 1. The second-order valence-electron chi connectivity index (χ2n) is 10.7. The molecule has 2 atom stereocenters. The minimum Gasteiger partial charge on any atom is -0.760 e. The molecule has 1 aliphatic heterocycles. The van der Waals surface area contributed by atoms with Crippen LogP contribution >= 0.6 is 22.6 Å². The Morgan fingerprint density at radius 2 is 2.02 bits per heavy atom. The SMILES string of the molecule is CNC(=O)c1c(-c2ccc(F)cc2)oc2nc(CN(CC3CCCN(OC(=O)OC(C)(C)C)C3)S(=O)[O-])c(I)cc12. The number of piperidine rings is 1. The molecule has 0 spiro atoms. The van der Waals surface area contributed by atoms with Crippen molar-refractivity contribution in [2.45, 2.75) is 45.8 Å². The number of benzene rings is 1. The highest BCUT2D eigenvalue weighted by Crippen LogP contribution is 2.35. The number of amides is 1. The van der Waals surface area contributed by atoms with Crippen molar-refractivity contribution < 1.29 is 36.7 Å². The zero-order valence-electron chi connectivity index (χ0n) is 23.1. The molecule has 1 fully saturated rings. The molecule has 0 radical (unpaired) electrons. The van der Waals surface area contributed by atoms with Crippen molar-refractivity contribution in [2.75, 3.05) is 26.7 Å². The summed E-state index contributed by atoms with van der Waals surface area (Å²) < 4.78 is 51.1. The van der Waals surface area contributed by atoms with Crippen LogP contribution in [0, 0.1) is 15.3 Å². The van der Waals surface area contributed by atoms with Crippen molar-refractivity contribution in [3.63, 3.8) is 0 Å². The van der Waals surface area contributed by atoms with Gasteiger partial charge in [-0.1, -0.05) is 0 Å². The maximum Gasteiger partial charge on any atom is 0.528 e. The van der Waals surface area contributed by atoms with E-state index in [2.05, 4.69) is 32.9 Å². The van der Waals surface area contributed by atoms with Crippen molar-refractivity contribution in [3.8, 4) is 11.3 Å². The molecule has 3 aromatic rings. The zero-order valence-corrected chi connectivity index (χ0v) is 26.0. The van der Waals surface area contributed by atoms with E-state index in [1.165, 1.54) is 40.7 Å². The van der Waals surface area contributed by atoms with Crippen molar-refractivity contribution >= 4 is 57.0 Å². The van der Waals surface area contributed by atoms with Crippen molar-refractivity contribution in [3.05, 3.63) is 51.0 Å². The van der Waals surface area contributed by atoms with Crippen LogP contribution in [0.4, 0.5) is 9.18 Å². The Labute approximate surface area is 253 Å². The molecule has 3 heterocycles. The van der Waals surface area contributed by atoms with E-state index in [9.17, 15) is 22.7 Å². The predicted octanol–water partition coefficient (Wildman–Crippen LogP) is 4.77. The number of rotatable bonds is 8. The lowest BCUT2D eigenvalue weighted by Crippen LogP contribution is -2.43. The number of hydrogen-bond donors (Lipinski definition) is 1. The van der Waals surface area contributed by atoms with Gasteiger partial charge in [-0.15, -0.1) is 5.06 Å². The molecular formula is C27H31FIN4O7S-. The number of nitrogens with one attached hydrogen (secondary N) is 1. The van der Waals surface area contributed by atoms with Gasteiger partial charge in [0, 0.05) is 47.1 Å². The molecule has 222 valence electrons. The van der Waals surface area contributed by atoms with Gasteiger partial charge in [-0.05, 0) is 92.5 Å². The van der Waals surface area contributed by atoms with Gasteiger partial charge in [-0.25, -0.2) is 18.5 Å². The fourth-order valence-electron chi connectivity index (χ4n) is 4.57. The molecule has 2 unspecified atom stereocenters. The first kappa shape index (κ1) is 31.3. The molecule has 0 aliphatic carbocycles. The normalized spacial score (nSPS) is 17.0. The first-order chi connectivity index (χ1) is 19.3. The van der Waals surface area contributed by atoms with Gasteiger partial charge in [0.25, 0.3) is 5.91 Å². The topological polar surface area (TPSA) is 137 Å². The summed E-state index contributed by atoms with van der Waals surface area (Å²) >= 11 is -0.513. The van der Waals surface area contributed by atoms with Crippen LogP contribution in [0.25, 0.3) is 22.4 Å². The second kappa shape index (κ2) is 13.1. The third-order valence-corrected chi connectivity index (χ3v) is 7.98. The number of nitrogens with zero attached hydrogens (tertiary/aromatic N) is 3. The van der Waals surface area contributed by atoms with Crippen LogP contribution in [-0.4, -0.2) is 67.5 Å². The second-order valence-corrected chi connectivity index (χ2v) is 12.8. The Bertz CT molecular complexity index is 1440. The highest BCUT2D eigenvalue weighted by Gasteiger charge is 2.28. The molecule has 1 N–H and O–H groups in total. The third kappa shape index (κ3) is 8.00. The molecule has 11 nitrogen and oxygen atoms in total. The fraction of sp³-hybridized carbons (Fsp3) is 0.444. The van der Waals surface area contributed by atoms with Crippen molar-refractivity contribution in [2.24, 2.45) is 5.92 Å². The largest absolute Gasteiger partial charge is 0.760 e. The van der Waals surface area contributed by atoms with Crippen LogP contribution in [0.15, 0.2) is 34.7 Å². The summed E-state index contributed by atoms with van der Waals surface area (Å²) in [6.45, 7) is 6.26. The molecule has 1 aliphatic rings. The lowest BCUT2D eigenvalue weighted by molar-refractivity contribution is -0.159. The molecule has 1 amide bonds. The van der Waals surface area contributed by atoms with E-state index >= 15 is 0 Å². The van der Waals surface area contributed by atoms with E-state index in [-0.39, 0.29) is 36.0 Å². The number of carbonyl (C=O) groups is 2. The lowest BCUT2D eigenvalue weighted by Gasteiger charge is -2.35. The van der Waals surface area contributed by atoms with E-state index < -0.39 is 34.7 Å². The number of ether oxygens (including phenoxy) is 1. The predicted molar refractivity (Wildman–Crippen MR) is 156 cm³/mol.